The summed E-state index contributed by atoms with van der Waals surface area (Å²) in [6.45, 7) is 7.68. The molecule has 0 N–H and O–H groups in total. The van der Waals surface area contributed by atoms with Crippen molar-refractivity contribution in [1.82, 2.24) is 14.8 Å². The average Bonchev–Trinajstić information content (AvgIpc) is 3.18. The summed E-state index contributed by atoms with van der Waals surface area (Å²) in [6, 6.07) is 3.51. The maximum atomic E-state index is 11.4. The number of aryl methyl sites for hydroxylation is 1. The molecule has 0 bridgehead atoms. The summed E-state index contributed by atoms with van der Waals surface area (Å²) >= 11 is 1.70. The van der Waals surface area contributed by atoms with Crippen molar-refractivity contribution in [3.05, 3.63) is 39.7 Å². The van der Waals surface area contributed by atoms with Crippen molar-refractivity contribution in [2.45, 2.75) is 20.0 Å². The smallest absolute Gasteiger partial charge is 0.373 e. The Morgan fingerprint density at radius 3 is 2.57 bits per heavy atom. The first-order chi connectivity index (χ1) is 11.1. The van der Waals surface area contributed by atoms with E-state index in [1.54, 1.807) is 17.4 Å². The number of nitrogens with zero attached hydrogens (tertiary/aromatic N) is 3. The van der Waals surface area contributed by atoms with Gasteiger partial charge in [-0.25, -0.2) is 9.78 Å². The Morgan fingerprint density at radius 2 is 1.96 bits per heavy atom. The van der Waals surface area contributed by atoms with Gasteiger partial charge in [0.1, 0.15) is 5.76 Å². The lowest BCUT2D eigenvalue weighted by Crippen LogP contribution is -2.45. The van der Waals surface area contributed by atoms with Crippen LogP contribution >= 0.6 is 11.3 Å². The summed E-state index contributed by atoms with van der Waals surface area (Å²) in [5.41, 5.74) is 1.16. The summed E-state index contributed by atoms with van der Waals surface area (Å²) in [5.74, 6) is 0.633. The number of methoxy groups -OCH3 is 1. The van der Waals surface area contributed by atoms with Crippen molar-refractivity contribution in [3.63, 3.8) is 0 Å². The molecule has 1 saturated heterocycles. The second-order valence-corrected chi connectivity index (χ2v) is 6.73. The van der Waals surface area contributed by atoms with Crippen molar-refractivity contribution in [2.75, 3.05) is 33.3 Å². The minimum Gasteiger partial charge on any atom is -0.463 e. The molecule has 2 aromatic heterocycles. The lowest BCUT2D eigenvalue weighted by atomic mass is 10.3. The van der Waals surface area contributed by atoms with E-state index in [0.717, 1.165) is 55.7 Å². The number of aromatic nitrogens is 1. The molecule has 0 amide bonds. The maximum absolute atomic E-state index is 11.4. The van der Waals surface area contributed by atoms with E-state index in [1.165, 1.54) is 7.11 Å². The van der Waals surface area contributed by atoms with E-state index >= 15 is 0 Å². The number of ether oxygens (including phenoxy) is 1. The van der Waals surface area contributed by atoms with E-state index in [2.05, 4.69) is 24.9 Å². The number of hydrogen-bond donors (Lipinski definition) is 0. The van der Waals surface area contributed by atoms with Gasteiger partial charge in [0.05, 0.1) is 24.4 Å². The molecule has 1 aliphatic heterocycles. The number of esters is 1. The van der Waals surface area contributed by atoms with Crippen molar-refractivity contribution in [3.8, 4) is 0 Å². The van der Waals surface area contributed by atoms with Crippen molar-refractivity contribution in [2.24, 2.45) is 0 Å². The van der Waals surface area contributed by atoms with Crippen molar-refractivity contribution < 1.29 is 13.9 Å². The highest BCUT2D eigenvalue weighted by Gasteiger charge is 2.19. The van der Waals surface area contributed by atoms with Gasteiger partial charge in [0, 0.05) is 38.1 Å². The Bertz CT molecular complexity index is 659. The van der Waals surface area contributed by atoms with E-state index in [0.29, 0.717) is 0 Å². The summed E-state index contributed by atoms with van der Waals surface area (Å²) in [6.07, 6.45) is 0. The normalized spacial score (nSPS) is 16.6. The number of hydrogen-bond acceptors (Lipinski definition) is 7. The van der Waals surface area contributed by atoms with E-state index < -0.39 is 5.97 Å². The third-order valence-corrected chi connectivity index (χ3v) is 4.77. The zero-order valence-electron chi connectivity index (χ0n) is 13.4. The molecule has 7 heteroatoms. The molecule has 23 heavy (non-hydrogen) atoms. The molecule has 124 valence electrons. The highest BCUT2D eigenvalue weighted by Crippen LogP contribution is 2.15. The number of carbonyl (C=O) groups excluding carboxylic acids is 1. The van der Waals surface area contributed by atoms with Crippen molar-refractivity contribution in [1.29, 1.82) is 0 Å². The number of rotatable bonds is 5. The van der Waals surface area contributed by atoms with Gasteiger partial charge in [-0.3, -0.25) is 9.80 Å². The van der Waals surface area contributed by atoms with E-state index in [4.69, 9.17) is 4.42 Å². The molecule has 0 spiro atoms. The molecule has 6 nitrogen and oxygen atoms in total. The Kier molecular flexibility index (Phi) is 5.09. The summed E-state index contributed by atoms with van der Waals surface area (Å²) < 4.78 is 10.2. The van der Waals surface area contributed by atoms with Gasteiger partial charge >= 0.3 is 5.97 Å². The summed E-state index contributed by atoms with van der Waals surface area (Å²) in [5, 5.41) is 3.26. The molecule has 0 atom stereocenters. The van der Waals surface area contributed by atoms with Crippen LogP contribution in [0.1, 0.15) is 27.0 Å². The fourth-order valence-electron chi connectivity index (χ4n) is 2.71. The van der Waals surface area contributed by atoms with Gasteiger partial charge in [-0.05, 0) is 19.1 Å². The van der Waals surface area contributed by atoms with Gasteiger partial charge in [-0.15, -0.1) is 11.3 Å². The van der Waals surface area contributed by atoms with Crippen LogP contribution in [0.15, 0.2) is 21.9 Å². The maximum Gasteiger partial charge on any atom is 0.373 e. The first-order valence-electron chi connectivity index (χ1n) is 7.67. The largest absolute Gasteiger partial charge is 0.463 e. The standard InChI is InChI=1S/C16H21N3O3S/c1-12-17-13(11-23-12)9-18-5-7-19(8-6-18)10-14-3-4-15(22-14)16(20)21-2/h3-4,11H,5-10H2,1-2H3. The van der Waals surface area contributed by atoms with Crippen LogP contribution in [0.2, 0.25) is 0 Å². The van der Waals surface area contributed by atoms with Crippen LogP contribution in [0, 0.1) is 6.92 Å². The first kappa shape index (κ1) is 16.2. The molecule has 2 aromatic rings. The minimum atomic E-state index is -0.431. The molecule has 1 fully saturated rings. The van der Waals surface area contributed by atoms with Gasteiger partial charge in [0.2, 0.25) is 5.76 Å². The molecule has 0 saturated carbocycles. The summed E-state index contributed by atoms with van der Waals surface area (Å²) in [4.78, 5) is 20.7. The lowest BCUT2D eigenvalue weighted by molar-refractivity contribution is 0.0559. The fraction of sp³-hybridized carbons (Fsp3) is 0.500. The van der Waals surface area contributed by atoms with Crippen molar-refractivity contribution >= 4 is 17.3 Å². The number of furan rings is 1. The van der Waals surface area contributed by atoms with Crippen LogP contribution in [0.5, 0.6) is 0 Å². The molecule has 3 rings (SSSR count). The Morgan fingerprint density at radius 1 is 1.26 bits per heavy atom. The van der Waals surface area contributed by atoms with Crippen LogP contribution in [0.4, 0.5) is 0 Å². The average molecular weight is 335 g/mol. The second-order valence-electron chi connectivity index (χ2n) is 5.67. The zero-order chi connectivity index (χ0) is 16.2. The van der Waals surface area contributed by atoms with Gasteiger partial charge in [0.15, 0.2) is 0 Å². The highest BCUT2D eigenvalue weighted by atomic mass is 32.1. The molecule has 1 aliphatic rings. The molecule has 0 unspecified atom stereocenters. The van der Waals surface area contributed by atoms with Crippen LogP contribution in [-0.2, 0) is 17.8 Å². The van der Waals surface area contributed by atoms with E-state index in [-0.39, 0.29) is 5.76 Å². The molecular weight excluding hydrogens is 314 g/mol. The predicted octanol–water partition coefficient (Wildman–Crippen LogP) is 2.15. The topological polar surface area (TPSA) is 58.8 Å². The number of piperazine rings is 1. The monoisotopic (exact) mass is 335 g/mol. The van der Waals surface area contributed by atoms with Crippen LogP contribution in [-0.4, -0.2) is 54.0 Å². The molecule has 0 radical (unpaired) electrons. The second kappa shape index (κ2) is 7.25. The van der Waals surface area contributed by atoms with Gasteiger partial charge in [-0.1, -0.05) is 0 Å². The predicted molar refractivity (Wildman–Crippen MR) is 87.5 cm³/mol. The van der Waals surface area contributed by atoms with E-state index in [1.807, 2.05) is 13.0 Å². The Labute approximate surface area is 139 Å². The third kappa shape index (κ3) is 4.19. The highest BCUT2D eigenvalue weighted by molar-refractivity contribution is 7.09. The lowest BCUT2D eigenvalue weighted by Gasteiger charge is -2.33. The fourth-order valence-corrected chi connectivity index (χ4v) is 3.31. The molecule has 0 aromatic carbocycles. The molecule has 3 heterocycles. The minimum absolute atomic E-state index is 0.264. The molecule has 0 aliphatic carbocycles. The zero-order valence-corrected chi connectivity index (χ0v) is 14.3. The van der Waals surface area contributed by atoms with Crippen LogP contribution < -0.4 is 0 Å². The van der Waals surface area contributed by atoms with Gasteiger partial charge in [0.25, 0.3) is 0 Å². The number of carbonyl (C=O) groups is 1. The Hall–Kier alpha value is -1.70. The van der Waals surface area contributed by atoms with E-state index in [9.17, 15) is 4.79 Å². The molecular formula is C16H21N3O3S. The SMILES string of the molecule is COC(=O)c1ccc(CN2CCN(Cc3csc(C)n3)CC2)o1. The van der Waals surface area contributed by atoms with Gasteiger partial charge < -0.3 is 9.15 Å². The van der Waals surface area contributed by atoms with Crippen LogP contribution in [0.3, 0.4) is 0 Å². The number of thiazole rings is 1. The van der Waals surface area contributed by atoms with Crippen LogP contribution in [0.25, 0.3) is 0 Å². The quantitative estimate of drug-likeness (QED) is 0.781. The first-order valence-corrected chi connectivity index (χ1v) is 8.55. The Balaban J connectivity index is 1.47. The third-order valence-electron chi connectivity index (χ3n) is 3.94. The summed E-state index contributed by atoms with van der Waals surface area (Å²) in [7, 11) is 1.35. The van der Waals surface area contributed by atoms with Gasteiger partial charge in [-0.2, -0.15) is 0 Å².